The molecule has 0 bridgehead atoms. The van der Waals surface area contributed by atoms with E-state index in [4.69, 9.17) is 4.74 Å². The molecular weight excluding hydrogens is 296 g/mol. The van der Waals surface area contributed by atoms with Gasteiger partial charge in [-0.05, 0) is 61.1 Å². The summed E-state index contributed by atoms with van der Waals surface area (Å²) in [7, 11) is 0. The van der Waals surface area contributed by atoms with Crippen LogP contribution in [0.15, 0.2) is 24.3 Å². The van der Waals surface area contributed by atoms with Crippen molar-refractivity contribution in [3.63, 3.8) is 0 Å². The lowest BCUT2D eigenvalue weighted by molar-refractivity contribution is -0.0397. The van der Waals surface area contributed by atoms with Crippen LogP contribution in [0, 0.1) is 5.41 Å². The van der Waals surface area contributed by atoms with Crippen molar-refractivity contribution in [3.8, 4) is 0 Å². The fourth-order valence-electron chi connectivity index (χ4n) is 3.64. The largest absolute Gasteiger partial charge is 0.455 e. The van der Waals surface area contributed by atoms with E-state index in [1.165, 1.54) is 24.8 Å². The Labute approximate surface area is 148 Å². The van der Waals surface area contributed by atoms with Gasteiger partial charge in [0.25, 0.3) is 0 Å². The molecule has 2 nitrogen and oxygen atoms in total. The van der Waals surface area contributed by atoms with Gasteiger partial charge in [-0.2, -0.15) is 0 Å². The molecule has 1 atom stereocenters. The number of esters is 1. The Kier molecular flexibility index (Phi) is 6.11. The number of ether oxygens (including phenoxy) is 1. The van der Waals surface area contributed by atoms with Crippen LogP contribution in [0.4, 0.5) is 0 Å². The summed E-state index contributed by atoms with van der Waals surface area (Å²) in [5.74, 6) is 0.306. The first-order valence-corrected chi connectivity index (χ1v) is 9.67. The monoisotopic (exact) mass is 330 g/mol. The molecule has 1 aromatic carbocycles. The summed E-state index contributed by atoms with van der Waals surface area (Å²) in [5.41, 5.74) is 2.00. The predicted octanol–water partition coefficient (Wildman–Crippen LogP) is 6.50. The molecule has 1 aliphatic rings. The maximum absolute atomic E-state index is 12.6. The van der Waals surface area contributed by atoms with Crippen LogP contribution >= 0.6 is 0 Å². The van der Waals surface area contributed by atoms with Crippen molar-refractivity contribution in [2.45, 2.75) is 91.1 Å². The van der Waals surface area contributed by atoms with Crippen LogP contribution in [0.3, 0.4) is 0 Å². The third-order valence-corrected chi connectivity index (χ3v) is 6.45. The molecule has 0 aliphatic heterocycles. The topological polar surface area (TPSA) is 26.3 Å². The molecule has 0 amide bonds. The van der Waals surface area contributed by atoms with E-state index in [9.17, 15) is 4.79 Å². The normalized spacial score (nSPS) is 18.9. The highest BCUT2D eigenvalue weighted by molar-refractivity contribution is 5.89. The first kappa shape index (κ1) is 19.0. The lowest BCUT2D eigenvalue weighted by Gasteiger charge is -2.36. The van der Waals surface area contributed by atoms with Crippen LogP contribution in [0.2, 0.25) is 0 Å². The SMILES string of the molecule is CCC1(OC(=O)c2ccc(C(C)C(C)(C)CC)cc2)CCCCC1. The number of carbonyl (C=O) groups is 1. The molecule has 0 aromatic heterocycles. The molecule has 134 valence electrons. The van der Waals surface area contributed by atoms with Crippen LogP contribution in [-0.2, 0) is 4.74 Å². The molecule has 2 rings (SSSR count). The van der Waals surface area contributed by atoms with Crippen LogP contribution in [-0.4, -0.2) is 11.6 Å². The maximum Gasteiger partial charge on any atom is 0.338 e. The van der Waals surface area contributed by atoms with E-state index in [2.05, 4.69) is 46.8 Å². The zero-order valence-corrected chi connectivity index (χ0v) is 16.2. The lowest BCUT2D eigenvalue weighted by Crippen LogP contribution is -2.36. The summed E-state index contributed by atoms with van der Waals surface area (Å²) in [6.07, 6.45) is 7.67. The second kappa shape index (κ2) is 7.72. The van der Waals surface area contributed by atoms with Gasteiger partial charge in [0.15, 0.2) is 0 Å². The van der Waals surface area contributed by atoms with Crippen LogP contribution in [0.25, 0.3) is 0 Å². The van der Waals surface area contributed by atoms with Gasteiger partial charge >= 0.3 is 5.97 Å². The van der Waals surface area contributed by atoms with Gasteiger partial charge in [-0.25, -0.2) is 4.79 Å². The Balaban J connectivity index is 2.08. The molecule has 1 aromatic rings. The van der Waals surface area contributed by atoms with Gasteiger partial charge in [0.2, 0.25) is 0 Å². The average Bonchev–Trinajstić information content (AvgIpc) is 2.62. The smallest absolute Gasteiger partial charge is 0.338 e. The molecule has 0 heterocycles. The molecule has 2 heteroatoms. The molecule has 24 heavy (non-hydrogen) atoms. The highest BCUT2D eigenvalue weighted by Crippen LogP contribution is 2.38. The van der Waals surface area contributed by atoms with E-state index in [0.29, 0.717) is 11.5 Å². The maximum atomic E-state index is 12.6. The highest BCUT2D eigenvalue weighted by atomic mass is 16.6. The molecule has 0 saturated heterocycles. The molecule has 1 fully saturated rings. The highest BCUT2D eigenvalue weighted by Gasteiger charge is 2.34. The Morgan fingerprint density at radius 2 is 1.71 bits per heavy atom. The number of hydrogen-bond donors (Lipinski definition) is 0. The minimum Gasteiger partial charge on any atom is -0.455 e. The zero-order chi connectivity index (χ0) is 17.8. The van der Waals surface area contributed by atoms with Crippen molar-refractivity contribution in [1.29, 1.82) is 0 Å². The first-order valence-electron chi connectivity index (χ1n) is 9.67. The van der Waals surface area contributed by atoms with Gasteiger partial charge in [0.1, 0.15) is 5.60 Å². The first-order chi connectivity index (χ1) is 11.3. The Morgan fingerprint density at radius 3 is 2.21 bits per heavy atom. The molecule has 0 radical (unpaired) electrons. The molecule has 1 unspecified atom stereocenters. The Morgan fingerprint density at radius 1 is 1.12 bits per heavy atom. The van der Waals surface area contributed by atoms with E-state index in [0.717, 1.165) is 25.7 Å². The van der Waals surface area contributed by atoms with E-state index in [1.807, 2.05) is 12.1 Å². The summed E-state index contributed by atoms with van der Waals surface area (Å²) in [6, 6.07) is 8.06. The Bertz CT molecular complexity index is 536. The van der Waals surface area contributed by atoms with E-state index < -0.39 is 0 Å². The number of benzene rings is 1. The van der Waals surface area contributed by atoms with E-state index in [-0.39, 0.29) is 17.0 Å². The van der Waals surface area contributed by atoms with Crippen molar-refractivity contribution in [3.05, 3.63) is 35.4 Å². The minimum absolute atomic E-state index is 0.160. The number of carbonyl (C=O) groups excluding carboxylic acids is 1. The van der Waals surface area contributed by atoms with Crippen molar-refractivity contribution in [1.82, 2.24) is 0 Å². The van der Waals surface area contributed by atoms with Crippen LogP contribution < -0.4 is 0 Å². The standard InChI is InChI=1S/C22H34O2/c1-6-21(4,5)17(3)18-11-13-19(14-12-18)20(23)24-22(7-2)15-9-8-10-16-22/h11-14,17H,6-10,15-16H2,1-5H3. The minimum atomic E-state index is -0.231. The fraction of sp³-hybridized carbons (Fsp3) is 0.682. The third kappa shape index (κ3) is 4.20. The van der Waals surface area contributed by atoms with Crippen LogP contribution in [0.5, 0.6) is 0 Å². The third-order valence-electron chi connectivity index (χ3n) is 6.45. The van der Waals surface area contributed by atoms with E-state index in [1.54, 1.807) is 0 Å². The van der Waals surface area contributed by atoms with Crippen molar-refractivity contribution in [2.24, 2.45) is 5.41 Å². The van der Waals surface area contributed by atoms with Gasteiger partial charge < -0.3 is 4.74 Å². The second-order valence-electron chi connectivity index (χ2n) is 8.17. The molecular formula is C22H34O2. The fourth-order valence-corrected chi connectivity index (χ4v) is 3.64. The second-order valence-corrected chi connectivity index (χ2v) is 8.17. The van der Waals surface area contributed by atoms with Gasteiger partial charge in [-0.15, -0.1) is 0 Å². The molecule has 0 spiro atoms. The lowest BCUT2D eigenvalue weighted by atomic mass is 9.74. The Hall–Kier alpha value is -1.31. The summed E-state index contributed by atoms with van der Waals surface area (Å²) < 4.78 is 5.96. The van der Waals surface area contributed by atoms with Crippen molar-refractivity contribution < 1.29 is 9.53 Å². The van der Waals surface area contributed by atoms with E-state index >= 15 is 0 Å². The average molecular weight is 331 g/mol. The predicted molar refractivity (Wildman–Crippen MR) is 100 cm³/mol. The molecule has 1 saturated carbocycles. The number of rotatable bonds is 6. The van der Waals surface area contributed by atoms with Gasteiger partial charge in [-0.3, -0.25) is 0 Å². The quantitative estimate of drug-likeness (QED) is 0.557. The summed E-state index contributed by atoms with van der Waals surface area (Å²) in [4.78, 5) is 12.6. The number of hydrogen-bond acceptors (Lipinski definition) is 2. The van der Waals surface area contributed by atoms with Crippen molar-refractivity contribution in [2.75, 3.05) is 0 Å². The summed E-state index contributed by atoms with van der Waals surface area (Å²) in [5, 5.41) is 0. The van der Waals surface area contributed by atoms with Crippen molar-refractivity contribution >= 4 is 5.97 Å². The van der Waals surface area contributed by atoms with Gasteiger partial charge in [0.05, 0.1) is 5.56 Å². The van der Waals surface area contributed by atoms with Gasteiger partial charge in [0, 0.05) is 0 Å². The summed E-state index contributed by atoms with van der Waals surface area (Å²) in [6.45, 7) is 11.2. The van der Waals surface area contributed by atoms with Gasteiger partial charge in [-0.1, -0.05) is 59.6 Å². The molecule has 1 aliphatic carbocycles. The van der Waals surface area contributed by atoms with Crippen LogP contribution in [0.1, 0.15) is 101 Å². The molecule has 0 N–H and O–H groups in total. The summed E-state index contributed by atoms with van der Waals surface area (Å²) >= 11 is 0. The zero-order valence-electron chi connectivity index (χ0n) is 16.2.